The molecule has 0 unspecified atom stereocenters. The molecular weight excluding hydrogens is 229 g/mol. The van der Waals surface area contributed by atoms with E-state index in [9.17, 15) is 4.39 Å². The number of para-hydroxylation sites is 1. The Morgan fingerprint density at radius 3 is 2.44 bits per heavy atom. The molecule has 0 amide bonds. The lowest BCUT2D eigenvalue weighted by atomic mass is 9.96. The van der Waals surface area contributed by atoms with Crippen molar-refractivity contribution in [1.82, 2.24) is 14.8 Å². The summed E-state index contributed by atoms with van der Waals surface area (Å²) in [5.74, 6) is 1.24. The van der Waals surface area contributed by atoms with Gasteiger partial charge in [0.15, 0.2) is 5.82 Å². The molecule has 0 saturated carbocycles. The highest BCUT2D eigenvalue weighted by Gasteiger charge is 2.22. The molecule has 0 bridgehead atoms. The molecular formula is C14H18FN3. The minimum absolute atomic E-state index is 0.138. The Balaban J connectivity index is 2.58. The smallest absolute Gasteiger partial charge is 0.156 e. The summed E-state index contributed by atoms with van der Waals surface area (Å²) in [5.41, 5.74) is 0.317. The van der Waals surface area contributed by atoms with Crippen molar-refractivity contribution in [1.29, 1.82) is 0 Å². The van der Waals surface area contributed by atoms with Crippen LogP contribution in [0.4, 0.5) is 4.39 Å². The van der Waals surface area contributed by atoms with Crippen molar-refractivity contribution in [3.8, 4) is 5.69 Å². The van der Waals surface area contributed by atoms with Crippen LogP contribution in [-0.2, 0) is 11.8 Å². The maximum Gasteiger partial charge on any atom is 0.156 e. The van der Waals surface area contributed by atoms with E-state index in [1.807, 2.05) is 27.7 Å². The van der Waals surface area contributed by atoms with Crippen molar-refractivity contribution in [2.75, 3.05) is 0 Å². The topological polar surface area (TPSA) is 30.7 Å². The van der Waals surface area contributed by atoms with Gasteiger partial charge in [-0.05, 0) is 12.1 Å². The predicted octanol–water partition coefficient (Wildman–Crippen LogP) is 3.27. The first-order chi connectivity index (χ1) is 8.43. The number of rotatable bonds is 2. The Morgan fingerprint density at radius 2 is 1.89 bits per heavy atom. The van der Waals surface area contributed by atoms with Crippen LogP contribution >= 0.6 is 0 Å². The van der Waals surface area contributed by atoms with Gasteiger partial charge in [0.1, 0.15) is 17.3 Å². The zero-order chi connectivity index (χ0) is 13.3. The lowest BCUT2D eigenvalue weighted by molar-refractivity contribution is 0.540. The van der Waals surface area contributed by atoms with Crippen LogP contribution in [0.5, 0.6) is 0 Å². The van der Waals surface area contributed by atoms with Crippen molar-refractivity contribution in [3.05, 3.63) is 41.7 Å². The van der Waals surface area contributed by atoms with Gasteiger partial charge in [-0.25, -0.2) is 14.1 Å². The van der Waals surface area contributed by atoms with Crippen LogP contribution in [0, 0.1) is 5.82 Å². The fourth-order valence-electron chi connectivity index (χ4n) is 1.71. The molecule has 0 spiro atoms. The molecule has 0 aliphatic rings. The van der Waals surface area contributed by atoms with Gasteiger partial charge in [0.2, 0.25) is 0 Å². The first kappa shape index (κ1) is 12.7. The minimum atomic E-state index is -0.280. The molecule has 3 nitrogen and oxygen atoms in total. The number of hydrogen-bond donors (Lipinski definition) is 0. The molecule has 18 heavy (non-hydrogen) atoms. The summed E-state index contributed by atoms with van der Waals surface area (Å²) < 4.78 is 15.4. The molecule has 0 aliphatic heterocycles. The van der Waals surface area contributed by atoms with E-state index in [2.05, 4.69) is 10.1 Å². The minimum Gasteiger partial charge on any atom is -0.216 e. The van der Waals surface area contributed by atoms with Gasteiger partial charge in [0, 0.05) is 11.8 Å². The molecule has 1 aromatic carbocycles. The third-order valence-corrected chi connectivity index (χ3v) is 2.74. The molecule has 4 heteroatoms. The second-order valence-corrected chi connectivity index (χ2v) is 5.32. The highest BCUT2D eigenvalue weighted by molar-refractivity contribution is 5.33. The van der Waals surface area contributed by atoms with Crippen LogP contribution in [0.3, 0.4) is 0 Å². The van der Waals surface area contributed by atoms with Crippen LogP contribution in [0.2, 0.25) is 0 Å². The molecule has 0 atom stereocenters. The van der Waals surface area contributed by atoms with Crippen LogP contribution in [-0.4, -0.2) is 14.8 Å². The first-order valence-corrected chi connectivity index (χ1v) is 6.15. The predicted molar refractivity (Wildman–Crippen MR) is 69.4 cm³/mol. The average Bonchev–Trinajstić information content (AvgIpc) is 2.73. The van der Waals surface area contributed by atoms with Gasteiger partial charge in [-0.3, -0.25) is 0 Å². The van der Waals surface area contributed by atoms with E-state index in [4.69, 9.17) is 0 Å². The standard InChI is InChI=1S/C14H18FN3/c1-5-12-16-13(14(2,3)4)17-18(12)11-9-7-6-8-10(11)15/h6-9H,5H2,1-4H3. The monoisotopic (exact) mass is 247 g/mol. The Kier molecular flexibility index (Phi) is 3.20. The lowest BCUT2D eigenvalue weighted by Crippen LogP contribution is -2.14. The molecule has 2 aromatic rings. The summed E-state index contributed by atoms with van der Waals surface area (Å²) in [6.07, 6.45) is 0.720. The largest absolute Gasteiger partial charge is 0.216 e. The maximum atomic E-state index is 13.8. The number of halogens is 1. The third-order valence-electron chi connectivity index (χ3n) is 2.74. The number of aromatic nitrogens is 3. The quantitative estimate of drug-likeness (QED) is 0.815. The molecule has 1 heterocycles. The molecule has 0 saturated heterocycles. The van der Waals surface area contributed by atoms with Crippen molar-refractivity contribution >= 4 is 0 Å². The summed E-state index contributed by atoms with van der Waals surface area (Å²) in [6.45, 7) is 8.14. The summed E-state index contributed by atoms with van der Waals surface area (Å²) in [4.78, 5) is 4.50. The number of benzene rings is 1. The van der Waals surface area contributed by atoms with Gasteiger partial charge in [-0.15, -0.1) is 0 Å². The summed E-state index contributed by atoms with van der Waals surface area (Å²) in [5, 5.41) is 4.45. The maximum absolute atomic E-state index is 13.8. The molecule has 0 aliphatic carbocycles. The molecule has 96 valence electrons. The second kappa shape index (κ2) is 4.52. The zero-order valence-electron chi connectivity index (χ0n) is 11.2. The van der Waals surface area contributed by atoms with Gasteiger partial charge in [0.25, 0.3) is 0 Å². The zero-order valence-corrected chi connectivity index (χ0v) is 11.2. The molecule has 0 fully saturated rings. The Labute approximate surface area is 107 Å². The van der Waals surface area contributed by atoms with E-state index >= 15 is 0 Å². The molecule has 0 radical (unpaired) electrons. The fourth-order valence-corrected chi connectivity index (χ4v) is 1.71. The van der Waals surface area contributed by atoms with E-state index in [1.54, 1.807) is 22.9 Å². The highest BCUT2D eigenvalue weighted by Crippen LogP contribution is 2.21. The molecule has 2 rings (SSSR count). The van der Waals surface area contributed by atoms with Crippen LogP contribution in [0.25, 0.3) is 5.69 Å². The van der Waals surface area contributed by atoms with E-state index in [1.165, 1.54) is 6.07 Å². The van der Waals surface area contributed by atoms with Gasteiger partial charge in [-0.2, -0.15) is 5.10 Å². The third kappa shape index (κ3) is 2.28. The average molecular weight is 247 g/mol. The Morgan fingerprint density at radius 1 is 1.22 bits per heavy atom. The van der Waals surface area contributed by atoms with Gasteiger partial charge in [-0.1, -0.05) is 39.8 Å². The van der Waals surface area contributed by atoms with Crippen LogP contribution in [0.1, 0.15) is 39.3 Å². The normalized spacial score (nSPS) is 11.8. The molecule has 0 N–H and O–H groups in total. The summed E-state index contributed by atoms with van der Waals surface area (Å²) in [6, 6.07) is 6.63. The number of hydrogen-bond acceptors (Lipinski definition) is 2. The number of nitrogens with zero attached hydrogens (tertiary/aromatic N) is 3. The second-order valence-electron chi connectivity index (χ2n) is 5.32. The van der Waals surface area contributed by atoms with Crippen molar-refractivity contribution in [2.45, 2.75) is 39.5 Å². The van der Waals surface area contributed by atoms with Gasteiger partial charge in [0.05, 0.1) is 0 Å². The van der Waals surface area contributed by atoms with E-state index < -0.39 is 0 Å². The summed E-state index contributed by atoms with van der Waals surface area (Å²) >= 11 is 0. The van der Waals surface area contributed by atoms with Crippen molar-refractivity contribution in [3.63, 3.8) is 0 Å². The van der Waals surface area contributed by atoms with E-state index in [0.29, 0.717) is 5.69 Å². The SMILES string of the molecule is CCc1nc(C(C)(C)C)nn1-c1ccccc1F. The van der Waals surface area contributed by atoms with E-state index in [0.717, 1.165) is 18.1 Å². The Bertz CT molecular complexity index is 552. The van der Waals surface area contributed by atoms with Crippen molar-refractivity contribution in [2.24, 2.45) is 0 Å². The fraction of sp³-hybridized carbons (Fsp3) is 0.429. The van der Waals surface area contributed by atoms with Gasteiger partial charge >= 0.3 is 0 Å². The summed E-state index contributed by atoms with van der Waals surface area (Å²) in [7, 11) is 0. The molecule has 1 aromatic heterocycles. The van der Waals surface area contributed by atoms with Gasteiger partial charge < -0.3 is 0 Å². The lowest BCUT2D eigenvalue weighted by Gasteiger charge is -2.12. The van der Waals surface area contributed by atoms with Crippen LogP contribution in [0.15, 0.2) is 24.3 Å². The highest BCUT2D eigenvalue weighted by atomic mass is 19.1. The first-order valence-electron chi connectivity index (χ1n) is 6.15. The van der Waals surface area contributed by atoms with Crippen LogP contribution < -0.4 is 0 Å². The van der Waals surface area contributed by atoms with E-state index in [-0.39, 0.29) is 11.2 Å². The van der Waals surface area contributed by atoms with Crippen molar-refractivity contribution < 1.29 is 4.39 Å². The Hall–Kier alpha value is -1.71. The number of aryl methyl sites for hydroxylation is 1.